The van der Waals surface area contributed by atoms with Crippen LogP contribution < -0.4 is 4.74 Å². The summed E-state index contributed by atoms with van der Waals surface area (Å²) in [5.41, 5.74) is 0. The minimum Gasteiger partial charge on any atom is -0.487 e. The highest BCUT2D eigenvalue weighted by Gasteiger charge is 2.26. The lowest BCUT2D eigenvalue weighted by molar-refractivity contribution is 0.250. The summed E-state index contributed by atoms with van der Waals surface area (Å²) in [6, 6.07) is 0. The van der Waals surface area contributed by atoms with Crippen molar-refractivity contribution in [1.82, 2.24) is 0 Å². The monoisotopic (exact) mass is 284 g/mol. The van der Waals surface area contributed by atoms with Crippen LogP contribution in [0.1, 0.15) is 25.7 Å². The predicted molar refractivity (Wildman–Crippen MR) is 57.3 cm³/mol. The van der Waals surface area contributed by atoms with Gasteiger partial charge in [-0.25, -0.2) is 13.2 Å². The van der Waals surface area contributed by atoms with Crippen LogP contribution in [0.4, 0.5) is 22.0 Å². The van der Waals surface area contributed by atoms with Gasteiger partial charge in [-0.3, -0.25) is 0 Å². The van der Waals surface area contributed by atoms with E-state index in [-0.39, 0.29) is 13.2 Å². The molecule has 0 aromatic heterocycles. The molecule has 0 atom stereocenters. The van der Waals surface area contributed by atoms with Crippen molar-refractivity contribution in [2.45, 2.75) is 25.7 Å². The summed E-state index contributed by atoms with van der Waals surface area (Å²) in [7, 11) is 0. The van der Waals surface area contributed by atoms with Crippen molar-refractivity contribution >= 4 is 0 Å². The van der Waals surface area contributed by atoms with Crippen molar-refractivity contribution in [3.8, 4) is 5.75 Å². The second kappa shape index (κ2) is 7.28. The van der Waals surface area contributed by atoms with Crippen molar-refractivity contribution in [3.63, 3.8) is 0 Å². The molecule has 0 aliphatic rings. The summed E-state index contributed by atoms with van der Waals surface area (Å²) in [6.45, 7) is -0.123. The molecule has 0 aliphatic carbocycles. The largest absolute Gasteiger partial charge is 0.487 e. The maximum Gasteiger partial charge on any atom is 0.206 e. The molecule has 0 amide bonds. The van der Waals surface area contributed by atoms with Gasteiger partial charge in [0.15, 0.2) is 5.75 Å². The molecule has 0 bridgehead atoms. The zero-order valence-corrected chi connectivity index (χ0v) is 9.99. The molecule has 108 valence electrons. The number of ether oxygens (including phenoxy) is 1. The zero-order valence-electron chi connectivity index (χ0n) is 9.99. The van der Waals surface area contributed by atoms with Crippen molar-refractivity contribution in [3.05, 3.63) is 29.1 Å². The maximum absolute atomic E-state index is 13.2. The van der Waals surface area contributed by atoms with Gasteiger partial charge in [-0.15, -0.1) is 0 Å². The van der Waals surface area contributed by atoms with Gasteiger partial charge in [0.05, 0.1) is 6.61 Å². The van der Waals surface area contributed by atoms with Gasteiger partial charge in [-0.05, 0) is 19.3 Å². The number of aliphatic hydroxyl groups excluding tert-OH is 1. The van der Waals surface area contributed by atoms with Crippen LogP contribution in [0.3, 0.4) is 0 Å². The molecule has 0 spiro atoms. The first-order chi connectivity index (χ1) is 9.00. The summed E-state index contributed by atoms with van der Waals surface area (Å²) >= 11 is 0. The molecule has 0 heterocycles. The van der Waals surface area contributed by atoms with Crippen LogP contribution in [-0.2, 0) is 0 Å². The zero-order chi connectivity index (χ0) is 14.4. The Hall–Kier alpha value is -1.37. The quantitative estimate of drug-likeness (QED) is 0.360. The van der Waals surface area contributed by atoms with Gasteiger partial charge in [-0.1, -0.05) is 6.42 Å². The molecule has 0 fully saturated rings. The normalized spacial score (nSPS) is 10.8. The Bertz CT molecular complexity index is 408. The lowest BCUT2D eigenvalue weighted by Crippen LogP contribution is -2.08. The van der Waals surface area contributed by atoms with Crippen LogP contribution in [0, 0.1) is 29.1 Å². The molecule has 0 aliphatic heterocycles. The van der Waals surface area contributed by atoms with Gasteiger partial charge in [0.25, 0.3) is 0 Å². The van der Waals surface area contributed by atoms with E-state index in [9.17, 15) is 22.0 Å². The minimum atomic E-state index is -2.20. The van der Waals surface area contributed by atoms with E-state index in [4.69, 9.17) is 5.11 Å². The lowest BCUT2D eigenvalue weighted by atomic mass is 10.2. The van der Waals surface area contributed by atoms with Crippen molar-refractivity contribution in [2.24, 2.45) is 0 Å². The van der Waals surface area contributed by atoms with Crippen LogP contribution in [0.5, 0.6) is 5.75 Å². The van der Waals surface area contributed by atoms with Crippen LogP contribution in [0.15, 0.2) is 0 Å². The first-order valence-electron chi connectivity index (χ1n) is 5.75. The first-order valence-corrected chi connectivity index (χ1v) is 5.75. The number of hydrogen-bond acceptors (Lipinski definition) is 2. The van der Waals surface area contributed by atoms with Crippen molar-refractivity contribution in [2.75, 3.05) is 13.2 Å². The molecule has 1 rings (SSSR count). The van der Waals surface area contributed by atoms with Crippen LogP contribution >= 0.6 is 0 Å². The summed E-state index contributed by atoms with van der Waals surface area (Å²) in [5.74, 6) is -11.4. The van der Waals surface area contributed by atoms with Gasteiger partial charge in [0.1, 0.15) is 0 Å². The average molecular weight is 284 g/mol. The highest BCUT2D eigenvalue weighted by atomic mass is 19.2. The second-order valence-corrected chi connectivity index (χ2v) is 3.89. The molecular formula is C12H13F5O2. The van der Waals surface area contributed by atoms with Gasteiger partial charge < -0.3 is 9.84 Å². The fourth-order valence-corrected chi connectivity index (χ4v) is 1.45. The van der Waals surface area contributed by atoms with E-state index in [0.29, 0.717) is 25.7 Å². The third kappa shape index (κ3) is 3.79. The van der Waals surface area contributed by atoms with Crippen molar-refractivity contribution < 1.29 is 31.8 Å². The number of unbranched alkanes of at least 4 members (excludes halogenated alkanes) is 3. The molecule has 1 aromatic rings. The summed E-state index contributed by atoms with van der Waals surface area (Å²) < 4.78 is 69.2. The molecule has 0 unspecified atom stereocenters. The predicted octanol–water partition coefficient (Wildman–Crippen LogP) is 3.31. The molecule has 1 N–H and O–H groups in total. The fourth-order valence-electron chi connectivity index (χ4n) is 1.45. The third-order valence-corrected chi connectivity index (χ3v) is 2.47. The Kier molecular flexibility index (Phi) is 6.01. The van der Waals surface area contributed by atoms with E-state index >= 15 is 0 Å². The van der Waals surface area contributed by atoms with Crippen LogP contribution in [0.25, 0.3) is 0 Å². The van der Waals surface area contributed by atoms with Gasteiger partial charge in [0, 0.05) is 6.61 Å². The summed E-state index contributed by atoms with van der Waals surface area (Å²) in [4.78, 5) is 0. The SMILES string of the molecule is OCCCCCCOc1c(F)c(F)c(F)c(F)c1F. The van der Waals surface area contributed by atoms with Crippen LogP contribution in [0.2, 0.25) is 0 Å². The van der Waals surface area contributed by atoms with E-state index in [1.54, 1.807) is 0 Å². The molecule has 7 heteroatoms. The molecule has 0 saturated heterocycles. The topological polar surface area (TPSA) is 29.5 Å². The van der Waals surface area contributed by atoms with E-state index in [2.05, 4.69) is 4.74 Å². The summed E-state index contributed by atoms with van der Waals surface area (Å²) in [5, 5.41) is 8.51. The van der Waals surface area contributed by atoms with E-state index < -0.39 is 34.8 Å². The van der Waals surface area contributed by atoms with Crippen molar-refractivity contribution in [1.29, 1.82) is 0 Å². The fraction of sp³-hybridized carbons (Fsp3) is 0.500. The summed E-state index contributed by atoms with van der Waals surface area (Å²) in [6.07, 6.45) is 2.29. The van der Waals surface area contributed by atoms with Gasteiger partial charge in [0.2, 0.25) is 29.1 Å². The van der Waals surface area contributed by atoms with E-state index in [1.165, 1.54) is 0 Å². The standard InChI is InChI=1S/C12H13F5O2/c13-7-8(14)10(16)12(11(17)9(7)15)19-6-4-2-1-3-5-18/h18H,1-6H2. The number of aliphatic hydroxyl groups is 1. The number of halogens is 5. The second-order valence-electron chi connectivity index (χ2n) is 3.89. The van der Waals surface area contributed by atoms with Gasteiger partial charge >= 0.3 is 0 Å². The molecule has 19 heavy (non-hydrogen) atoms. The maximum atomic E-state index is 13.2. The Morgan fingerprint density at radius 2 is 1.16 bits per heavy atom. The highest BCUT2D eigenvalue weighted by molar-refractivity contribution is 5.29. The number of rotatable bonds is 7. The third-order valence-electron chi connectivity index (χ3n) is 2.47. The molecular weight excluding hydrogens is 271 g/mol. The first kappa shape index (κ1) is 15.7. The Morgan fingerprint density at radius 1 is 0.684 bits per heavy atom. The van der Waals surface area contributed by atoms with E-state index in [0.717, 1.165) is 0 Å². The Morgan fingerprint density at radius 3 is 1.68 bits per heavy atom. The Labute approximate surface area is 106 Å². The molecule has 0 saturated carbocycles. The lowest BCUT2D eigenvalue weighted by Gasteiger charge is -2.10. The molecule has 0 radical (unpaired) electrons. The number of benzene rings is 1. The number of hydrogen-bond donors (Lipinski definition) is 1. The van der Waals surface area contributed by atoms with Gasteiger partial charge in [-0.2, -0.15) is 8.78 Å². The molecule has 2 nitrogen and oxygen atoms in total. The highest BCUT2D eigenvalue weighted by Crippen LogP contribution is 2.29. The Balaban J connectivity index is 2.64. The van der Waals surface area contributed by atoms with Crippen LogP contribution in [-0.4, -0.2) is 18.3 Å². The smallest absolute Gasteiger partial charge is 0.206 e. The van der Waals surface area contributed by atoms with E-state index in [1.807, 2.05) is 0 Å². The average Bonchev–Trinajstić information content (AvgIpc) is 2.41. The minimum absolute atomic E-state index is 0.0402. The molecule has 1 aromatic carbocycles.